The van der Waals surface area contributed by atoms with Crippen molar-refractivity contribution in [1.82, 2.24) is 9.55 Å². The second-order valence-electron chi connectivity index (χ2n) is 5.65. The molecule has 0 spiro atoms. The fourth-order valence-corrected chi connectivity index (χ4v) is 2.81. The van der Waals surface area contributed by atoms with Gasteiger partial charge in [-0.1, -0.05) is 12.1 Å². The van der Waals surface area contributed by atoms with Crippen LogP contribution >= 0.6 is 0 Å². The highest BCUT2D eigenvalue weighted by atomic mass is 19.3. The molecule has 1 heterocycles. The lowest BCUT2D eigenvalue weighted by Crippen LogP contribution is -2.12. The summed E-state index contributed by atoms with van der Waals surface area (Å²) in [6, 6.07) is 9.33. The van der Waals surface area contributed by atoms with E-state index in [0.29, 0.717) is 17.0 Å². The van der Waals surface area contributed by atoms with Crippen molar-refractivity contribution in [3.63, 3.8) is 0 Å². The second kappa shape index (κ2) is 8.12. The molecule has 28 heavy (non-hydrogen) atoms. The van der Waals surface area contributed by atoms with Crippen molar-refractivity contribution in [3.05, 3.63) is 47.8 Å². The van der Waals surface area contributed by atoms with Crippen LogP contribution in [0.4, 0.5) is 8.78 Å². The van der Waals surface area contributed by atoms with E-state index in [1.54, 1.807) is 18.2 Å². The first-order chi connectivity index (χ1) is 13.5. The fraction of sp³-hybridized carbons (Fsp3) is 0.263. The summed E-state index contributed by atoms with van der Waals surface area (Å²) in [7, 11) is 4.25. The van der Waals surface area contributed by atoms with Crippen molar-refractivity contribution < 1.29 is 32.5 Å². The molecule has 3 aromatic rings. The number of methoxy groups -OCH3 is 3. The smallest absolute Gasteiger partial charge is 0.342 e. The maximum Gasteiger partial charge on any atom is 0.342 e. The molecule has 0 N–H and O–H groups in total. The molecule has 0 fully saturated rings. The van der Waals surface area contributed by atoms with Crippen LogP contribution in [0.25, 0.3) is 11.0 Å². The number of halogens is 2. The molecule has 0 unspecified atom stereocenters. The third-order valence-corrected chi connectivity index (χ3v) is 4.12. The summed E-state index contributed by atoms with van der Waals surface area (Å²) in [6.07, 6.45) is 0. The number of carbonyl (C=O) groups excluding carboxylic acids is 1. The lowest BCUT2D eigenvalue weighted by molar-refractivity contribution is 0.0384. The van der Waals surface area contributed by atoms with Crippen LogP contribution in [0.2, 0.25) is 0 Å². The molecule has 3 rings (SSSR count). The molecular formula is C19H18F2N2O5. The summed E-state index contributed by atoms with van der Waals surface area (Å²) in [5, 5.41) is 0. The maximum atomic E-state index is 13.5. The Bertz CT molecular complexity index is 1000. The number of benzene rings is 2. The Kier molecular flexibility index (Phi) is 5.62. The number of aromatic nitrogens is 2. The Morgan fingerprint density at radius 1 is 1.04 bits per heavy atom. The van der Waals surface area contributed by atoms with Gasteiger partial charge in [-0.2, -0.15) is 8.78 Å². The van der Waals surface area contributed by atoms with Gasteiger partial charge in [0.1, 0.15) is 17.9 Å². The summed E-state index contributed by atoms with van der Waals surface area (Å²) >= 11 is 0. The zero-order chi connectivity index (χ0) is 20.3. The summed E-state index contributed by atoms with van der Waals surface area (Å²) in [5.74, 6) is 0.0325. The molecule has 0 saturated carbocycles. The van der Waals surface area contributed by atoms with E-state index in [-0.39, 0.29) is 22.7 Å². The summed E-state index contributed by atoms with van der Waals surface area (Å²) in [5.41, 5.74) is 0.713. The van der Waals surface area contributed by atoms with Crippen LogP contribution in [-0.2, 0) is 11.3 Å². The van der Waals surface area contributed by atoms with E-state index < -0.39 is 19.1 Å². The van der Waals surface area contributed by atoms with E-state index in [1.807, 2.05) is 0 Å². The third-order valence-electron chi connectivity index (χ3n) is 4.12. The average Bonchev–Trinajstić information content (AvgIpc) is 3.09. The van der Waals surface area contributed by atoms with Crippen molar-refractivity contribution >= 4 is 17.0 Å². The topological polar surface area (TPSA) is 71.8 Å². The Morgan fingerprint density at radius 2 is 1.68 bits per heavy atom. The van der Waals surface area contributed by atoms with Crippen LogP contribution in [0.5, 0.6) is 17.2 Å². The molecule has 1 aromatic heterocycles. The number of nitrogens with zero attached hydrogens (tertiary/aromatic N) is 2. The highest BCUT2D eigenvalue weighted by Gasteiger charge is 2.22. The van der Waals surface area contributed by atoms with E-state index >= 15 is 0 Å². The van der Waals surface area contributed by atoms with Gasteiger partial charge in [0.2, 0.25) is 0 Å². The van der Waals surface area contributed by atoms with Gasteiger partial charge >= 0.3 is 12.5 Å². The first-order valence-electron chi connectivity index (χ1n) is 8.21. The fourth-order valence-electron chi connectivity index (χ4n) is 2.81. The van der Waals surface area contributed by atoms with E-state index in [2.05, 4.69) is 4.98 Å². The van der Waals surface area contributed by atoms with Crippen LogP contribution < -0.4 is 14.2 Å². The van der Waals surface area contributed by atoms with Crippen molar-refractivity contribution in [3.8, 4) is 17.2 Å². The molecule has 2 aromatic carbocycles. The minimum absolute atomic E-state index is 0.0657. The van der Waals surface area contributed by atoms with Crippen LogP contribution in [0, 0.1) is 0 Å². The minimum atomic E-state index is -2.82. The van der Waals surface area contributed by atoms with Crippen molar-refractivity contribution in [1.29, 1.82) is 0 Å². The number of hydrogen-bond donors (Lipinski definition) is 0. The molecule has 0 saturated heterocycles. The first kappa shape index (κ1) is 19.4. The number of hydrogen-bond acceptors (Lipinski definition) is 6. The Hall–Kier alpha value is -3.36. The molecule has 0 aliphatic rings. The van der Waals surface area contributed by atoms with Crippen molar-refractivity contribution in [2.24, 2.45) is 0 Å². The number of imidazole rings is 1. The average molecular weight is 392 g/mol. The third kappa shape index (κ3) is 3.55. The monoisotopic (exact) mass is 392 g/mol. The van der Waals surface area contributed by atoms with Gasteiger partial charge < -0.3 is 18.9 Å². The van der Waals surface area contributed by atoms with Gasteiger partial charge in [-0.3, -0.25) is 4.57 Å². The van der Waals surface area contributed by atoms with Gasteiger partial charge in [-0.05, 0) is 12.1 Å². The molecule has 148 valence electrons. The molecule has 7 nitrogen and oxygen atoms in total. The number of carbonyl (C=O) groups is 1. The van der Waals surface area contributed by atoms with Gasteiger partial charge in [0.25, 0.3) is 0 Å². The molecule has 9 heteroatoms. The number of ether oxygens (including phenoxy) is 4. The van der Waals surface area contributed by atoms with Gasteiger partial charge in [0.15, 0.2) is 17.3 Å². The SMILES string of the molecule is COc1cc(OC)c(C(=O)OCc2nc3ccccc3n2C(F)F)cc1OC. The summed E-state index contributed by atoms with van der Waals surface area (Å²) < 4.78 is 48.4. The molecule has 0 aliphatic carbocycles. The Balaban J connectivity index is 1.89. The highest BCUT2D eigenvalue weighted by Crippen LogP contribution is 2.35. The lowest BCUT2D eigenvalue weighted by Gasteiger charge is -2.14. The van der Waals surface area contributed by atoms with Crippen LogP contribution in [0.3, 0.4) is 0 Å². The zero-order valence-electron chi connectivity index (χ0n) is 15.4. The molecule has 0 aliphatic heterocycles. The van der Waals surface area contributed by atoms with E-state index in [0.717, 1.165) is 4.57 Å². The lowest BCUT2D eigenvalue weighted by atomic mass is 10.1. The number of rotatable bonds is 7. The first-order valence-corrected chi connectivity index (χ1v) is 8.21. The molecule has 0 amide bonds. The van der Waals surface area contributed by atoms with Crippen LogP contribution in [0.1, 0.15) is 22.7 Å². The second-order valence-corrected chi connectivity index (χ2v) is 5.65. The number of para-hydroxylation sites is 2. The Labute approximate surface area is 159 Å². The van der Waals surface area contributed by atoms with Crippen LogP contribution in [0.15, 0.2) is 36.4 Å². The quantitative estimate of drug-likeness (QED) is 0.570. The van der Waals surface area contributed by atoms with Crippen molar-refractivity contribution in [2.75, 3.05) is 21.3 Å². The highest BCUT2D eigenvalue weighted by molar-refractivity contribution is 5.93. The predicted molar refractivity (Wildman–Crippen MR) is 96.2 cm³/mol. The van der Waals surface area contributed by atoms with Gasteiger partial charge in [-0.25, -0.2) is 9.78 Å². The van der Waals surface area contributed by atoms with E-state index in [4.69, 9.17) is 18.9 Å². The Morgan fingerprint density at radius 3 is 2.32 bits per heavy atom. The molecule has 0 bridgehead atoms. The minimum Gasteiger partial charge on any atom is -0.496 e. The molecule has 0 radical (unpaired) electrons. The van der Waals surface area contributed by atoms with E-state index in [1.165, 1.54) is 39.5 Å². The van der Waals surface area contributed by atoms with Gasteiger partial charge in [0.05, 0.1) is 32.4 Å². The normalized spacial score (nSPS) is 10.9. The summed E-state index contributed by atoms with van der Waals surface area (Å²) in [6.45, 7) is -3.26. The van der Waals surface area contributed by atoms with E-state index in [9.17, 15) is 13.6 Å². The van der Waals surface area contributed by atoms with Gasteiger partial charge in [-0.15, -0.1) is 0 Å². The number of alkyl halides is 2. The van der Waals surface area contributed by atoms with Crippen molar-refractivity contribution in [2.45, 2.75) is 13.2 Å². The number of fused-ring (bicyclic) bond motifs is 1. The molecule has 0 atom stereocenters. The van der Waals surface area contributed by atoms with Gasteiger partial charge in [0, 0.05) is 12.1 Å². The standard InChI is InChI=1S/C19H18F2N2O5/c1-25-14-9-16(27-3)15(26-2)8-11(14)18(24)28-10-17-22-12-6-4-5-7-13(12)23(17)19(20)21/h4-9,19H,10H2,1-3H3. The summed E-state index contributed by atoms with van der Waals surface area (Å²) in [4.78, 5) is 16.7. The zero-order valence-corrected chi connectivity index (χ0v) is 15.4. The predicted octanol–water partition coefficient (Wildman–Crippen LogP) is 3.81. The van der Waals surface area contributed by atoms with Crippen LogP contribution in [-0.4, -0.2) is 36.8 Å². The number of esters is 1. The maximum absolute atomic E-state index is 13.5. The largest absolute Gasteiger partial charge is 0.496 e. The molecular weight excluding hydrogens is 374 g/mol.